The molecule has 3 nitrogen and oxygen atoms in total. The molecule has 1 saturated heterocycles. The molecule has 84 valence electrons. The number of nitrogens with zero attached hydrogens (tertiary/aromatic N) is 1. The minimum atomic E-state index is -3.03. The molecule has 0 saturated carbocycles. The van der Waals surface area contributed by atoms with Gasteiger partial charge in [0.05, 0.1) is 11.8 Å². The number of thiophene rings is 1. The molecule has 0 radical (unpaired) electrons. The van der Waals surface area contributed by atoms with E-state index in [1.165, 1.54) is 4.88 Å². The lowest BCUT2D eigenvalue weighted by Gasteiger charge is -2.22. The van der Waals surface area contributed by atoms with E-state index in [9.17, 15) is 8.42 Å². The molecule has 1 unspecified atom stereocenters. The highest BCUT2D eigenvalue weighted by atomic mass is 32.2. The summed E-state index contributed by atoms with van der Waals surface area (Å²) in [4.78, 5) is 1.17. The smallest absolute Gasteiger partial charge is 0.212 e. The maximum absolute atomic E-state index is 11.8. The Bertz CT molecular complexity index is 411. The lowest BCUT2D eigenvalue weighted by atomic mass is 10.2. The fourth-order valence-electron chi connectivity index (χ4n) is 2.00. The largest absolute Gasteiger partial charge is 0.214 e. The number of sulfonamides is 1. The first-order valence-electron chi connectivity index (χ1n) is 5.18. The lowest BCUT2D eigenvalue weighted by molar-refractivity contribution is 0.402. The molecule has 15 heavy (non-hydrogen) atoms. The van der Waals surface area contributed by atoms with Gasteiger partial charge in [0.15, 0.2) is 0 Å². The van der Waals surface area contributed by atoms with E-state index < -0.39 is 10.0 Å². The van der Waals surface area contributed by atoms with E-state index in [4.69, 9.17) is 0 Å². The van der Waals surface area contributed by atoms with Crippen LogP contribution >= 0.6 is 11.3 Å². The van der Waals surface area contributed by atoms with Crippen molar-refractivity contribution in [3.05, 3.63) is 22.4 Å². The SMILES string of the molecule is CCS(=O)(=O)N1CCCC1c1cccs1. The standard InChI is InChI=1S/C10H15NO2S2/c1-2-15(12,13)11-7-3-5-9(11)10-6-4-8-14-10/h4,6,8-9H,2-3,5,7H2,1H3. The zero-order valence-electron chi connectivity index (χ0n) is 8.72. The lowest BCUT2D eigenvalue weighted by Crippen LogP contribution is -2.31. The van der Waals surface area contributed by atoms with Gasteiger partial charge in [-0.1, -0.05) is 6.07 Å². The van der Waals surface area contributed by atoms with E-state index in [0.29, 0.717) is 6.54 Å². The van der Waals surface area contributed by atoms with Crippen molar-refractivity contribution < 1.29 is 8.42 Å². The monoisotopic (exact) mass is 245 g/mol. The van der Waals surface area contributed by atoms with Crippen LogP contribution in [-0.4, -0.2) is 25.0 Å². The Morgan fingerprint density at radius 1 is 1.60 bits per heavy atom. The summed E-state index contributed by atoms with van der Waals surface area (Å²) < 4.78 is 25.3. The quantitative estimate of drug-likeness (QED) is 0.819. The minimum absolute atomic E-state index is 0.0925. The molecule has 1 atom stereocenters. The van der Waals surface area contributed by atoms with Gasteiger partial charge in [0, 0.05) is 11.4 Å². The summed E-state index contributed by atoms with van der Waals surface area (Å²) in [6, 6.07) is 4.10. The minimum Gasteiger partial charge on any atom is -0.212 e. The second-order valence-electron chi connectivity index (χ2n) is 3.68. The number of hydrogen-bond donors (Lipinski definition) is 0. The molecule has 5 heteroatoms. The molecule has 1 aliphatic rings. The summed E-state index contributed by atoms with van der Waals surface area (Å²) in [5, 5.41) is 2.00. The van der Waals surface area contributed by atoms with Crippen LogP contribution < -0.4 is 0 Å². The third-order valence-electron chi connectivity index (χ3n) is 2.80. The van der Waals surface area contributed by atoms with Crippen LogP contribution in [0.2, 0.25) is 0 Å². The van der Waals surface area contributed by atoms with Crippen LogP contribution in [0.5, 0.6) is 0 Å². The average Bonchev–Trinajstić information content (AvgIpc) is 2.87. The van der Waals surface area contributed by atoms with Crippen LogP contribution in [0, 0.1) is 0 Å². The predicted molar refractivity (Wildman–Crippen MR) is 62.5 cm³/mol. The van der Waals surface area contributed by atoms with E-state index in [1.54, 1.807) is 22.6 Å². The summed E-state index contributed by atoms with van der Waals surface area (Å²) in [7, 11) is -3.03. The maximum Gasteiger partial charge on any atom is 0.214 e. The van der Waals surface area contributed by atoms with Crippen molar-refractivity contribution in [3.63, 3.8) is 0 Å². The molecule has 0 amide bonds. The molecule has 0 spiro atoms. The Balaban J connectivity index is 2.27. The van der Waals surface area contributed by atoms with E-state index in [2.05, 4.69) is 0 Å². The van der Waals surface area contributed by atoms with E-state index in [-0.39, 0.29) is 11.8 Å². The van der Waals surface area contributed by atoms with E-state index in [0.717, 1.165) is 12.8 Å². The second kappa shape index (κ2) is 4.23. The van der Waals surface area contributed by atoms with Gasteiger partial charge >= 0.3 is 0 Å². The van der Waals surface area contributed by atoms with Crippen LogP contribution in [0.25, 0.3) is 0 Å². The molecular weight excluding hydrogens is 230 g/mol. The van der Waals surface area contributed by atoms with Crippen molar-refractivity contribution in [2.24, 2.45) is 0 Å². The molecule has 1 aromatic rings. The molecular formula is C10H15NO2S2. The molecule has 0 bridgehead atoms. The van der Waals surface area contributed by atoms with Gasteiger partial charge < -0.3 is 0 Å². The Labute approximate surface area is 94.8 Å². The average molecular weight is 245 g/mol. The molecule has 0 N–H and O–H groups in total. The zero-order chi connectivity index (χ0) is 10.9. The van der Waals surface area contributed by atoms with Crippen molar-refractivity contribution in [1.82, 2.24) is 4.31 Å². The summed E-state index contributed by atoms with van der Waals surface area (Å²) in [6.45, 7) is 2.39. The van der Waals surface area contributed by atoms with E-state index in [1.807, 2.05) is 17.5 Å². The highest BCUT2D eigenvalue weighted by molar-refractivity contribution is 7.89. The van der Waals surface area contributed by atoms with Gasteiger partial charge in [-0.25, -0.2) is 8.42 Å². The molecule has 1 aliphatic heterocycles. The Hall–Kier alpha value is -0.390. The number of hydrogen-bond acceptors (Lipinski definition) is 3. The molecule has 0 aromatic carbocycles. The van der Waals surface area contributed by atoms with Crippen LogP contribution in [-0.2, 0) is 10.0 Å². The fourth-order valence-corrected chi connectivity index (χ4v) is 4.29. The summed E-state index contributed by atoms with van der Waals surface area (Å²) in [5.41, 5.74) is 0. The van der Waals surface area contributed by atoms with Gasteiger partial charge in [0.25, 0.3) is 0 Å². The molecule has 2 heterocycles. The van der Waals surface area contributed by atoms with E-state index >= 15 is 0 Å². The van der Waals surface area contributed by atoms with Crippen molar-refractivity contribution in [2.45, 2.75) is 25.8 Å². The highest BCUT2D eigenvalue weighted by Crippen LogP contribution is 2.36. The van der Waals surface area contributed by atoms with Crippen molar-refractivity contribution >= 4 is 21.4 Å². The molecule has 2 rings (SSSR count). The van der Waals surface area contributed by atoms with Gasteiger partial charge in [0.2, 0.25) is 10.0 Å². The third kappa shape index (κ3) is 2.09. The summed E-state index contributed by atoms with van der Waals surface area (Å²) in [5.74, 6) is 0.203. The molecule has 1 aromatic heterocycles. The van der Waals surface area contributed by atoms with Gasteiger partial charge in [0.1, 0.15) is 0 Å². The normalized spacial score (nSPS) is 23.4. The van der Waals surface area contributed by atoms with Gasteiger partial charge in [-0.3, -0.25) is 0 Å². The van der Waals surface area contributed by atoms with Gasteiger partial charge in [-0.2, -0.15) is 4.31 Å². The topological polar surface area (TPSA) is 37.4 Å². The zero-order valence-corrected chi connectivity index (χ0v) is 10.4. The first-order valence-corrected chi connectivity index (χ1v) is 7.67. The number of rotatable bonds is 3. The Morgan fingerprint density at radius 3 is 3.00 bits per heavy atom. The first kappa shape index (κ1) is 11.1. The van der Waals surface area contributed by atoms with Crippen LogP contribution in [0.15, 0.2) is 17.5 Å². The van der Waals surface area contributed by atoms with Crippen LogP contribution in [0.3, 0.4) is 0 Å². The molecule has 0 aliphatic carbocycles. The first-order chi connectivity index (χ1) is 7.15. The summed E-state index contributed by atoms with van der Waals surface area (Å²) >= 11 is 1.64. The van der Waals surface area contributed by atoms with Crippen molar-refractivity contribution in [2.75, 3.05) is 12.3 Å². The fraction of sp³-hybridized carbons (Fsp3) is 0.600. The second-order valence-corrected chi connectivity index (χ2v) is 6.87. The van der Waals surface area contributed by atoms with Crippen LogP contribution in [0.1, 0.15) is 30.7 Å². The molecule has 1 fully saturated rings. The van der Waals surface area contributed by atoms with Gasteiger partial charge in [-0.15, -0.1) is 11.3 Å². The maximum atomic E-state index is 11.8. The Kier molecular flexibility index (Phi) is 3.13. The predicted octanol–water partition coefficient (Wildman–Crippen LogP) is 2.23. The van der Waals surface area contributed by atoms with Crippen molar-refractivity contribution in [3.8, 4) is 0 Å². The Morgan fingerprint density at radius 2 is 2.40 bits per heavy atom. The van der Waals surface area contributed by atoms with Crippen LogP contribution in [0.4, 0.5) is 0 Å². The highest BCUT2D eigenvalue weighted by Gasteiger charge is 2.34. The van der Waals surface area contributed by atoms with Gasteiger partial charge in [-0.05, 0) is 31.2 Å². The third-order valence-corrected chi connectivity index (χ3v) is 5.65. The van der Waals surface area contributed by atoms with Crippen molar-refractivity contribution in [1.29, 1.82) is 0 Å². The summed E-state index contributed by atoms with van der Waals surface area (Å²) in [6.07, 6.45) is 1.93.